The van der Waals surface area contributed by atoms with E-state index in [0.717, 1.165) is 15.2 Å². The smallest absolute Gasteiger partial charge is 0.197 e. The van der Waals surface area contributed by atoms with Gasteiger partial charge in [-0.15, -0.1) is 0 Å². The number of hydrogen-bond acceptors (Lipinski definition) is 3. The normalized spacial score (nSPS) is 10.7. The van der Waals surface area contributed by atoms with Gasteiger partial charge in [0.05, 0.1) is 0 Å². The van der Waals surface area contributed by atoms with Gasteiger partial charge >= 0.3 is 0 Å². The van der Waals surface area contributed by atoms with Gasteiger partial charge in [0, 0.05) is 39.1 Å². The highest BCUT2D eigenvalue weighted by Gasteiger charge is 2.15. The van der Waals surface area contributed by atoms with Crippen LogP contribution in [0.25, 0.3) is 10.8 Å². The molecule has 3 rings (SSSR count). The van der Waals surface area contributed by atoms with Crippen molar-refractivity contribution < 1.29 is 4.79 Å². The zero-order valence-electron chi connectivity index (χ0n) is 10.5. The number of aromatic nitrogens is 1. The lowest BCUT2D eigenvalue weighted by atomic mass is 9.99. The maximum absolute atomic E-state index is 12.7. The number of carbonyl (C=O) groups is 1. The Hall–Kier alpha value is -2.20. The number of carbonyl (C=O) groups excluding carboxylic acids is 1. The van der Waals surface area contributed by atoms with Crippen molar-refractivity contribution in [3.63, 3.8) is 0 Å². The minimum absolute atomic E-state index is 0.117. The van der Waals surface area contributed by atoms with E-state index in [1.807, 2.05) is 30.3 Å². The molecule has 0 saturated carbocycles. The fourth-order valence-corrected chi connectivity index (χ4v) is 2.53. The Bertz CT molecular complexity index is 809. The Morgan fingerprint density at radius 2 is 1.85 bits per heavy atom. The molecule has 3 aromatic rings. The number of rotatable bonds is 2. The van der Waals surface area contributed by atoms with E-state index in [2.05, 4.69) is 20.9 Å². The molecule has 0 aliphatic rings. The molecule has 3 nitrogen and oxygen atoms in total. The van der Waals surface area contributed by atoms with Gasteiger partial charge in [-0.3, -0.25) is 9.78 Å². The van der Waals surface area contributed by atoms with E-state index < -0.39 is 0 Å². The van der Waals surface area contributed by atoms with Crippen LogP contribution in [0.1, 0.15) is 15.9 Å². The predicted molar refractivity (Wildman–Crippen MR) is 83.7 cm³/mol. The molecule has 20 heavy (non-hydrogen) atoms. The van der Waals surface area contributed by atoms with Gasteiger partial charge in [0.15, 0.2) is 5.78 Å². The van der Waals surface area contributed by atoms with Gasteiger partial charge in [-0.25, -0.2) is 0 Å². The van der Waals surface area contributed by atoms with E-state index in [4.69, 9.17) is 5.73 Å². The molecule has 0 bridgehead atoms. The summed E-state index contributed by atoms with van der Waals surface area (Å²) in [6.07, 6.45) is 3.33. The molecule has 0 saturated heterocycles. The quantitative estimate of drug-likeness (QED) is 0.575. The van der Waals surface area contributed by atoms with Crippen molar-refractivity contribution in [1.29, 1.82) is 0 Å². The number of halogens is 1. The molecule has 2 aromatic carbocycles. The lowest BCUT2D eigenvalue weighted by Gasteiger charge is -2.08. The third-order valence-corrected chi connectivity index (χ3v) is 3.67. The zero-order chi connectivity index (χ0) is 14.1. The van der Waals surface area contributed by atoms with Crippen molar-refractivity contribution in [3.05, 3.63) is 70.5 Å². The van der Waals surface area contributed by atoms with Crippen LogP contribution in [-0.4, -0.2) is 10.8 Å². The van der Waals surface area contributed by atoms with Crippen LogP contribution in [-0.2, 0) is 0 Å². The number of fused-ring (bicyclic) bond motifs is 1. The third kappa shape index (κ3) is 2.18. The molecule has 0 fully saturated rings. The minimum Gasteiger partial charge on any atom is -0.398 e. The Morgan fingerprint density at radius 1 is 1.05 bits per heavy atom. The van der Waals surface area contributed by atoms with Gasteiger partial charge in [0.2, 0.25) is 0 Å². The summed E-state index contributed by atoms with van der Waals surface area (Å²) in [6.45, 7) is 0. The van der Waals surface area contributed by atoms with Crippen LogP contribution in [0, 0.1) is 0 Å². The summed E-state index contributed by atoms with van der Waals surface area (Å²) >= 11 is 3.36. The van der Waals surface area contributed by atoms with Crippen LogP contribution in [0.3, 0.4) is 0 Å². The Morgan fingerprint density at radius 3 is 2.70 bits per heavy atom. The summed E-state index contributed by atoms with van der Waals surface area (Å²) in [5.74, 6) is -0.117. The van der Waals surface area contributed by atoms with E-state index in [-0.39, 0.29) is 5.78 Å². The van der Waals surface area contributed by atoms with Gasteiger partial charge in [0.1, 0.15) is 0 Å². The van der Waals surface area contributed by atoms with Crippen molar-refractivity contribution in [3.8, 4) is 0 Å². The number of nitrogen functional groups attached to an aromatic ring is 1. The predicted octanol–water partition coefficient (Wildman–Crippen LogP) is 3.81. The Balaban J connectivity index is 2.20. The second-order valence-corrected chi connectivity index (χ2v) is 5.38. The van der Waals surface area contributed by atoms with E-state index >= 15 is 0 Å². The lowest BCUT2D eigenvalue weighted by molar-refractivity contribution is 0.104. The largest absolute Gasteiger partial charge is 0.398 e. The average Bonchev–Trinajstić information content (AvgIpc) is 2.48. The fourth-order valence-electron chi connectivity index (χ4n) is 2.17. The molecule has 0 atom stereocenters. The van der Waals surface area contributed by atoms with E-state index in [1.165, 1.54) is 0 Å². The van der Waals surface area contributed by atoms with Crippen LogP contribution in [0.5, 0.6) is 0 Å². The van der Waals surface area contributed by atoms with Crippen molar-refractivity contribution in [1.82, 2.24) is 4.98 Å². The SMILES string of the molecule is Nc1ccc(Br)cc1C(=O)c1cncc2ccccc12. The molecule has 0 radical (unpaired) electrons. The number of hydrogen-bond donors (Lipinski definition) is 1. The summed E-state index contributed by atoms with van der Waals surface area (Å²) in [5.41, 5.74) is 7.42. The van der Waals surface area contributed by atoms with E-state index in [9.17, 15) is 4.79 Å². The van der Waals surface area contributed by atoms with Gasteiger partial charge < -0.3 is 5.73 Å². The Labute approximate surface area is 124 Å². The second-order valence-electron chi connectivity index (χ2n) is 4.47. The highest BCUT2D eigenvalue weighted by molar-refractivity contribution is 9.10. The Kier molecular flexibility index (Phi) is 3.24. The maximum atomic E-state index is 12.7. The van der Waals surface area contributed by atoms with Gasteiger partial charge in [-0.2, -0.15) is 0 Å². The molecule has 1 aromatic heterocycles. The first-order chi connectivity index (χ1) is 9.66. The summed E-state index contributed by atoms with van der Waals surface area (Å²) < 4.78 is 0.822. The van der Waals surface area contributed by atoms with Crippen LogP contribution in [0.15, 0.2) is 59.3 Å². The van der Waals surface area contributed by atoms with Crippen molar-refractivity contribution in [2.45, 2.75) is 0 Å². The topological polar surface area (TPSA) is 56.0 Å². The van der Waals surface area contributed by atoms with Gasteiger partial charge in [-0.05, 0) is 23.6 Å². The molecular formula is C16H11BrN2O. The number of nitrogens with zero attached hydrogens (tertiary/aromatic N) is 1. The molecule has 0 aliphatic heterocycles. The minimum atomic E-state index is -0.117. The molecule has 4 heteroatoms. The first-order valence-corrected chi connectivity index (χ1v) is 6.88. The van der Waals surface area contributed by atoms with Crippen LogP contribution >= 0.6 is 15.9 Å². The molecule has 2 N–H and O–H groups in total. The summed E-state index contributed by atoms with van der Waals surface area (Å²) in [7, 11) is 0. The van der Waals surface area contributed by atoms with Crippen LogP contribution < -0.4 is 5.73 Å². The highest BCUT2D eigenvalue weighted by Crippen LogP contribution is 2.25. The molecular weight excluding hydrogens is 316 g/mol. The number of benzene rings is 2. The van der Waals surface area contributed by atoms with Crippen LogP contribution in [0.4, 0.5) is 5.69 Å². The molecule has 0 unspecified atom stereocenters. The molecule has 0 amide bonds. The zero-order valence-corrected chi connectivity index (χ0v) is 12.1. The van der Waals surface area contributed by atoms with E-state index in [1.54, 1.807) is 24.5 Å². The molecule has 98 valence electrons. The van der Waals surface area contributed by atoms with Crippen molar-refractivity contribution in [2.75, 3.05) is 5.73 Å². The lowest BCUT2D eigenvalue weighted by Crippen LogP contribution is -2.06. The van der Waals surface area contributed by atoms with Gasteiger partial charge in [-0.1, -0.05) is 40.2 Å². The number of anilines is 1. The summed E-state index contributed by atoms with van der Waals surface area (Å²) in [4.78, 5) is 16.8. The second kappa shape index (κ2) is 5.06. The number of pyridine rings is 1. The highest BCUT2D eigenvalue weighted by atomic mass is 79.9. The van der Waals surface area contributed by atoms with Crippen LogP contribution in [0.2, 0.25) is 0 Å². The monoisotopic (exact) mass is 326 g/mol. The van der Waals surface area contributed by atoms with Crippen molar-refractivity contribution in [2.24, 2.45) is 0 Å². The molecule has 1 heterocycles. The fraction of sp³-hybridized carbons (Fsp3) is 0. The van der Waals surface area contributed by atoms with Crippen molar-refractivity contribution >= 4 is 38.2 Å². The standard InChI is InChI=1S/C16H11BrN2O/c17-11-5-6-15(18)13(7-11)16(20)14-9-19-8-10-3-1-2-4-12(10)14/h1-9H,18H2. The molecule has 0 spiro atoms. The third-order valence-electron chi connectivity index (χ3n) is 3.17. The summed E-state index contributed by atoms with van der Waals surface area (Å²) in [5, 5.41) is 1.82. The number of ketones is 1. The molecule has 0 aliphatic carbocycles. The summed E-state index contributed by atoms with van der Waals surface area (Å²) in [6, 6.07) is 12.9. The van der Waals surface area contributed by atoms with E-state index in [0.29, 0.717) is 16.8 Å². The van der Waals surface area contributed by atoms with Gasteiger partial charge in [0.25, 0.3) is 0 Å². The average molecular weight is 327 g/mol. The first kappa shape index (κ1) is 12.8. The first-order valence-electron chi connectivity index (χ1n) is 6.09. The number of nitrogens with two attached hydrogens (primary N) is 1. The maximum Gasteiger partial charge on any atom is 0.197 e.